The highest BCUT2D eigenvalue weighted by molar-refractivity contribution is 5.81. The van der Waals surface area contributed by atoms with Crippen LogP contribution in [0.1, 0.15) is 39.5 Å². The Balaban J connectivity index is 2.34. The summed E-state index contributed by atoms with van der Waals surface area (Å²) in [6, 6.07) is 0. The molecule has 5 nitrogen and oxygen atoms in total. The predicted octanol–water partition coefficient (Wildman–Crippen LogP) is 0.949. The molecule has 1 aliphatic carbocycles. The standard InChI is InChI=1S/C10H16O5/c1-3-5-8(12)14-15-9(13)10(4-2)6-7(10)11/h7,11H,3-6H2,1-2H3. The van der Waals surface area contributed by atoms with Crippen LogP contribution in [0, 0.1) is 5.41 Å². The number of hydrogen-bond donors (Lipinski definition) is 1. The lowest BCUT2D eigenvalue weighted by atomic mass is 10.0. The molecule has 0 aromatic rings. The number of carbonyl (C=O) groups is 2. The van der Waals surface area contributed by atoms with Crippen LogP contribution in [0.25, 0.3) is 0 Å². The molecule has 1 saturated carbocycles. The molecular weight excluding hydrogens is 200 g/mol. The first-order chi connectivity index (χ1) is 7.06. The van der Waals surface area contributed by atoms with Crippen LogP contribution in [0.2, 0.25) is 0 Å². The highest BCUT2D eigenvalue weighted by Crippen LogP contribution is 2.49. The van der Waals surface area contributed by atoms with Crippen LogP contribution >= 0.6 is 0 Å². The molecule has 0 heterocycles. The van der Waals surface area contributed by atoms with Gasteiger partial charge < -0.3 is 5.11 Å². The van der Waals surface area contributed by atoms with Crippen molar-refractivity contribution in [2.24, 2.45) is 5.41 Å². The molecule has 0 radical (unpaired) electrons. The van der Waals surface area contributed by atoms with Gasteiger partial charge in [-0.2, -0.15) is 0 Å². The minimum absolute atomic E-state index is 0.217. The van der Waals surface area contributed by atoms with E-state index in [4.69, 9.17) is 0 Å². The average Bonchev–Trinajstić information content (AvgIpc) is 2.88. The molecule has 0 amide bonds. The van der Waals surface area contributed by atoms with Gasteiger partial charge in [-0.05, 0) is 19.3 Å². The Labute approximate surface area is 88.3 Å². The van der Waals surface area contributed by atoms with Crippen LogP contribution in [-0.2, 0) is 19.4 Å². The van der Waals surface area contributed by atoms with E-state index in [1.807, 2.05) is 6.92 Å². The number of hydrogen-bond acceptors (Lipinski definition) is 5. The van der Waals surface area contributed by atoms with E-state index in [0.29, 0.717) is 19.3 Å². The topological polar surface area (TPSA) is 72.8 Å². The number of carbonyl (C=O) groups excluding carboxylic acids is 2. The van der Waals surface area contributed by atoms with E-state index in [1.165, 1.54) is 0 Å². The summed E-state index contributed by atoms with van der Waals surface area (Å²) in [5.74, 6) is -1.21. The Hall–Kier alpha value is -1.10. The quantitative estimate of drug-likeness (QED) is 0.559. The second kappa shape index (κ2) is 4.61. The van der Waals surface area contributed by atoms with Gasteiger partial charge in [0.25, 0.3) is 0 Å². The van der Waals surface area contributed by atoms with E-state index in [-0.39, 0.29) is 6.42 Å². The molecule has 1 N–H and O–H groups in total. The van der Waals surface area contributed by atoms with Crippen molar-refractivity contribution in [3.05, 3.63) is 0 Å². The zero-order chi connectivity index (χ0) is 11.5. The van der Waals surface area contributed by atoms with Crippen molar-refractivity contribution in [3.8, 4) is 0 Å². The van der Waals surface area contributed by atoms with Crippen molar-refractivity contribution < 1.29 is 24.5 Å². The molecule has 0 aliphatic heterocycles. The van der Waals surface area contributed by atoms with Crippen LogP contribution in [0.3, 0.4) is 0 Å². The van der Waals surface area contributed by atoms with Gasteiger partial charge in [-0.25, -0.2) is 19.4 Å². The van der Waals surface area contributed by atoms with Crippen LogP contribution in [-0.4, -0.2) is 23.1 Å². The maximum atomic E-state index is 11.4. The zero-order valence-electron chi connectivity index (χ0n) is 8.99. The van der Waals surface area contributed by atoms with E-state index in [1.54, 1.807) is 6.92 Å². The third-order valence-corrected chi connectivity index (χ3v) is 2.74. The number of rotatable bonds is 4. The minimum atomic E-state index is -0.841. The monoisotopic (exact) mass is 216 g/mol. The maximum absolute atomic E-state index is 11.4. The molecule has 0 spiro atoms. The van der Waals surface area contributed by atoms with Gasteiger partial charge >= 0.3 is 11.9 Å². The minimum Gasteiger partial charge on any atom is -0.392 e. The van der Waals surface area contributed by atoms with Gasteiger partial charge in [-0.1, -0.05) is 13.8 Å². The Morgan fingerprint density at radius 1 is 1.40 bits per heavy atom. The van der Waals surface area contributed by atoms with E-state index in [2.05, 4.69) is 9.78 Å². The highest BCUT2D eigenvalue weighted by atomic mass is 17.2. The normalized spacial score (nSPS) is 28.3. The van der Waals surface area contributed by atoms with E-state index >= 15 is 0 Å². The van der Waals surface area contributed by atoms with Crippen LogP contribution in [0.15, 0.2) is 0 Å². The molecule has 0 aromatic carbocycles. The lowest BCUT2D eigenvalue weighted by Gasteiger charge is -2.10. The van der Waals surface area contributed by atoms with Crippen molar-refractivity contribution in [1.82, 2.24) is 0 Å². The lowest BCUT2D eigenvalue weighted by Crippen LogP contribution is -2.23. The molecule has 0 bridgehead atoms. The van der Waals surface area contributed by atoms with Crippen LogP contribution in [0.4, 0.5) is 0 Å². The van der Waals surface area contributed by atoms with E-state index < -0.39 is 23.5 Å². The molecule has 1 aliphatic rings. The van der Waals surface area contributed by atoms with Gasteiger partial charge in [0, 0.05) is 6.42 Å². The summed E-state index contributed by atoms with van der Waals surface area (Å²) in [5.41, 5.74) is -0.841. The summed E-state index contributed by atoms with van der Waals surface area (Å²) >= 11 is 0. The van der Waals surface area contributed by atoms with Crippen molar-refractivity contribution in [3.63, 3.8) is 0 Å². The summed E-state index contributed by atoms with van der Waals surface area (Å²) in [6.45, 7) is 3.60. The molecule has 15 heavy (non-hydrogen) atoms. The van der Waals surface area contributed by atoms with Gasteiger partial charge in [-0.15, -0.1) is 0 Å². The summed E-state index contributed by atoms with van der Waals surface area (Å²) in [5, 5.41) is 9.27. The van der Waals surface area contributed by atoms with Crippen LogP contribution < -0.4 is 0 Å². The zero-order valence-corrected chi connectivity index (χ0v) is 8.99. The molecule has 2 unspecified atom stereocenters. The molecular formula is C10H16O5. The fraction of sp³-hybridized carbons (Fsp3) is 0.800. The van der Waals surface area contributed by atoms with Crippen molar-refractivity contribution in [2.75, 3.05) is 0 Å². The van der Waals surface area contributed by atoms with Gasteiger partial charge in [0.2, 0.25) is 0 Å². The Morgan fingerprint density at radius 2 is 2.00 bits per heavy atom. The fourth-order valence-electron chi connectivity index (χ4n) is 1.44. The number of aliphatic hydroxyl groups is 1. The van der Waals surface area contributed by atoms with Gasteiger partial charge in [-0.3, -0.25) is 0 Å². The predicted molar refractivity (Wildman–Crippen MR) is 50.4 cm³/mol. The van der Waals surface area contributed by atoms with Crippen molar-refractivity contribution in [2.45, 2.75) is 45.6 Å². The average molecular weight is 216 g/mol. The Bertz CT molecular complexity index is 259. The molecule has 5 heteroatoms. The molecule has 1 fully saturated rings. The largest absolute Gasteiger partial charge is 0.392 e. The summed E-state index contributed by atoms with van der Waals surface area (Å²) in [6.07, 6.45) is 1.05. The Morgan fingerprint density at radius 3 is 2.40 bits per heavy atom. The first-order valence-electron chi connectivity index (χ1n) is 5.16. The first kappa shape index (κ1) is 12.0. The summed E-state index contributed by atoms with van der Waals surface area (Å²) in [4.78, 5) is 31.0. The highest BCUT2D eigenvalue weighted by Gasteiger charge is 2.60. The van der Waals surface area contributed by atoms with Gasteiger partial charge in [0.15, 0.2) is 0 Å². The molecule has 0 aromatic heterocycles. The van der Waals surface area contributed by atoms with Crippen LogP contribution in [0.5, 0.6) is 0 Å². The lowest BCUT2D eigenvalue weighted by molar-refractivity contribution is -0.264. The van der Waals surface area contributed by atoms with Gasteiger partial charge in [0.05, 0.1) is 6.10 Å². The third kappa shape index (κ3) is 2.47. The molecule has 2 atom stereocenters. The summed E-state index contributed by atoms with van der Waals surface area (Å²) < 4.78 is 0. The second-order valence-corrected chi connectivity index (χ2v) is 3.81. The molecule has 0 saturated heterocycles. The molecule has 1 rings (SSSR count). The van der Waals surface area contributed by atoms with E-state index in [0.717, 1.165) is 0 Å². The maximum Gasteiger partial charge on any atom is 0.364 e. The fourth-order valence-corrected chi connectivity index (χ4v) is 1.44. The van der Waals surface area contributed by atoms with Crippen molar-refractivity contribution in [1.29, 1.82) is 0 Å². The van der Waals surface area contributed by atoms with Gasteiger partial charge in [0.1, 0.15) is 5.41 Å². The number of aliphatic hydroxyl groups excluding tert-OH is 1. The summed E-state index contributed by atoms with van der Waals surface area (Å²) in [7, 11) is 0. The van der Waals surface area contributed by atoms with Crippen molar-refractivity contribution >= 4 is 11.9 Å². The Kier molecular flexibility index (Phi) is 3.68. The van der Waals surface area contributed by atoms with E-state index in [9.17, 15) is 14.7 Å². The third-order valence-electron chi connectivity index (χ3n) is 2.74. The molecule has 86 valence electrons. The first-order valence-corrected chi connectivity index (χ1v) is 5.16. The SMILES string of the molecule is CCCC(=O)OOC(=O)C1(CC)CC1O. The smallest absolute Gasteiger partial charge is 0.364 e. The second-order valence-electron chi connectivity index (χ2n) is 3.81.